The molecule has 3 N–H and O–H groups in total. The van der Waals surface area contributed by atoms with Crippen LogP contribution in [0.2, 0.25) is 0 Å². The highest BCUT2D eigenvalue weighted by molar-refractivity contribution is 9.10. The van der Waals surface area contributed by atoms with E-state index in [0.29, 0.717) is 0 Å². The maximum Gasteiger partial charge on any atom is 0.0531 e. The van der Waals surface area contributed by atoms with Crippen LogP contribution in [0, 0.1) is 13.8 Å². The molecule has 0 atom stereocenters. The highest BCUT2D eigenvalue weighted by Crippen LogP contribution is 2.28. The SMILES string of the molecule is Cc1ccc(Br)c(Nc2ccc(C)c(N)c2)c1. The Morgan fingerprint density at radius 3 is 2.53 bits per heavy atom. The maximum absolute atomic E-state index is 5.89. The summed E-state index contributed by atoms with van der Waals surface area (Å²) in [6.07, 6.45) is 0. The van der Waals surface area contributed by atoms with Crippen molar-refractivity contribution in [2.24, 2.45) is 0 Å². The van der Waals surface area contributed by atoms with Crippen LogP contribution in [-0.2, 0) is 0 Å². The number of benzene rings is 2. The topological polar surface area (TPSA) is 38.0 Å². The van der Waals surface area contributed by atoms with Gasteiger partial charge in [0.2, 0.25) is 0 Å². The maximum atomic E-state index is 5.89. The van der Waals surface area contributed by atoms with Crippen molar-refractivity contribution in [1.29, 1.82) is 0 Å². The number of nitrogens with two attached hydrogens (primary N) is 1. The van der Waals surface area contributed by atoms with E-state index in [9.17, 15) is 0 Å². The predicted octanol–water partition coefficient (Wildman–Crippen LogP) is 4.39. The van der Waals surface area contributed by atoms with Crippen LogP contribution in [0.4, 0.5) is 17.1 Å². The minimum atomic E-state index is 0.804. The molecule has 0 unspecified atom stereocenters. The monoisotopic (exact) mass is 290 g/mol. The van der Waals surface area contributed by atoms with Gasteiger partial charge in [-0.3, -0.25) is 0 Å². The van der Waals surface area contributed by atoms with Gasteiger partial charge in [-0.15, -0.1) is 0 Å². The summed E-state index contributed by atoms with van der Waals surface area (Å²) in [5.74, 6) is 0. The van der Waals surface area contributed by atoms with E-state index in [1.807, 2.05) is 31.2 Å². The summed E-state index contributed by atoms with van der Waals surface area (Å²) in [6, 6.07) is 12.2. The van der Waals surface area contributed by atoms with Crippen LogP contribution in [-0.4, -0.2) is 0 Å². The summed E-state index contributed by atoms with van der Waals surface area (Å²) < 4.78 is 1.04. The Hall–Kier alpha value is -1.48. The standard InChI is InChI=1S/C14H15BrN2/c1-9-3-6-12(15)14(7-9)17-11-5-4-10(2)13(16)8-11/h3-8,17H,16H2,1-2H3. The first-order valence-electron chi connectivity index (χ1n) is 5.45. The molecule has 0 aliphatic rings. The second kappa shape index (κ2) is 4.80. The predicted molar refractivity (Wildman–Crippen MR) is 77.8 cm³/mol. The lowest BCUT2D eigenvalue weighted by atomic mass is 10.1. The van der Waals surface area contributed by atoms with Gasteiger partial charge in [-0.1, -0.05) is 12.1 Å². The van der Waals surface area contributed by atoms with Crippen molar-refractivity contribution in [3.8, 4) is 0 Å². The number of nitrogen functional groups attached to an aromatic ring is 1. The fraction of sp³-hybridized carbons (Fsp3) is 0.143. The smallest absolute Gasteiger partial charge is 0.0531 e. The van der Waals surface area contributed by atoms with E-state index in [-0.39, 0.29) is 0 Å². The lowest BCUT2D eigenvalue weighted by Gasteiger charge is -2.11. The van der Waals surface area contributed by atoms with E-state index in [0.717, 1.165) is 27.1 Å². The first-order valence-corrected chi connectivity index (χ1v) is 6.25. The average Bonchev–Trinajstić information content (AvgIpc) is 2.29. The molecule has 2 aromatic carbocycles. The van der Waals surface area contributed by atoms with Gasteiger partial charge in [-0.2, -0.15) is 0 Å². The Labute approximate surface area is 110 Å². The summed E-state index contributed by atoms with van der Waals surface area (Å²) in [7, 11) is 0. The summed E-state index contributed by atoms with van der Waals surface area (Å²) in [6.45, 7) is 4.07. The van der Waals surface area contributed by atoms with Gasteiger partial charge in [0.25, 0.3) is 0 Å². The van der Waals surface area contributed by atoms with Crippen LogP contribution < -0.4 is 11.1 Å². The van der Waals surface area contributed by atoms with Crippen LogP contribution in [0.15, 0.2) is 40.9 Å². The Morgan fingerprint density at radius 2 is 1.82 bits per heavy atom. The zero-order valence-electron chi connectivity index (χ0n) is 9.92. The molecular formula is C14H15BrN2. The molecular weight excluding hydrogens is 276 g/mol. The van der Waals surface area contributed by atoms with Crippen molar-refractivity contribution in [2.75, 3.05) is 11.1 Å². The molecule has 0 amide bonds. The minimum absolute atomic E-state index is 0.804. The normalized spacial score (nSPS) is 10.3. The zero-order chi connectivity index (χ0) is 12.4. The van der Waals surface area contributed by atoms with E-state index in [2.05, 4.69) is 40.3 Å². The molecule has 0 radical (unpaired) electrons. The van der Waals surface area contributed by atoms with Crippen molar-refractivity contribution in [3.05, 3.63) is 52.0 Å². The number of hydrogen-bond acceptors (Lipinski definition) is 2. The summed E-state index contributed by atoms with van der Waals surface area (Å²) in [5, 5.41) is 3.35. The largest absolute Gasteiger partial charge is 0.398 e. The third-order valence-corrected chi connectivity index (χ3v) is 3.37. The van der Waals surface area contributed by atoms with E-state index < -0.39 is 0 Å². The molecule has 2 nitrogen and oxygen atoms in total. The van der Waals surface area contributed by atoms with Gasteiger partial charge in [0.15, 0.2) is 0 Å². The van der Waals surface area contributed by atoms with Crippen LogP contribution in [0.5, 0.6) is 0 Å². The van der Waals surface area contributed by atoms with Crippen LogP contribution in [0.25, 0.3) is 0 Å². The van der Waals surface area contributed by atoms with Gasteiger partial charge in [0, 0.05) is 15.8 Å². The molecule has 0 fully saturated rings. The Bertz CT molecular complexity index is 550. The zero-order valence-corrected chi connectivity index (χ0v) is 11.5. The number of hydrogen-bond donors (Lipinski definition) is 2. The van der Waals surface area contributed by atoms with E-state index in [4.69, 9.17) is 5.73 Å². The second-order valence-electron chi connectivity index (χ2n) is 4.18. The van der Waals surface area contributed by atoms with Crippen molar-refractivity contribution in [3.63, 3.8) is 0 Å². The van der Waals surface area contributed by atoms with Crippen LogP contribution in [0.3, 0.4) is 0 Å². The minimum Gasteiger partial charge on any atom is -0.398 e. The van der Waals surface area contributed by atoms with E-state index >= 15 is 0 Å². The molecule has 0 heterocycles. The molecule has 17 heavy (non-hydrogen) atoms. The Morgan fingerprint density at radius 1 is 1.06 bits per heavy atom. The van der Waals surface area contributed by atoms with Crippen LogP contribution >= 0.6 is 15.9 Å². The molecule has 2 aromatic rings. The first-order chi connectivity index (χ1) is 8.06. The first kappa shape index (κ1) is 12.0. The lowest BCUT2D eigenvalue weighted by Crippen LogP contribution is -1.95. The molecule has 0 saturated carbocycles. The molecule has 0 spiro atoms. The number of anilines is 3. The number of halogens is 1. The Kier molecular flexibility index (Phi) is 3.38. The summed E-state index contributed by atoms with van der Waals surface area (Å²) in [5.41, 5.74) is 11.1. The summed E-state index contributed by atoms with van der Waals surface area (Å²) >= 11 is 3.53. The molecule has 0 aliphatic carbocycles. The van der Waals surface area contributed by atoms with Gasteiger partial charge in [-0.05, 0) is 65.2 Å². The van der Waals surface area contributed by atoms with Crippen molar-refractivity contribution < 1.29 is 0 Å². The van der Waals surface area contributed by atoms with Crippen LogP contribution in [0.1, 0.15) is 11.1 Å². The molecule has 0 aromatic heterocycles. The molecule has 0 aliphatic heterocycles. The van der Waals surface area contributed by atoms with Crippen molar-refractivity contribution in [2.45, 2.75) is 13.8 Å². The molecule has 2 rings (SSSR count). The second-order valence-corrected chi connectivity index (χ2v) is 5.03. The summed E-state index contributed by atoms with van der Waals surface area (Å²) in [4.78, 5) is 0. The highest BCUT2D eigenvalue weighted by Gasteiger charge is 2.02. The number of aryl methyl sites for hydroxylation is 2. The highest BCUT2D eigenvalue weighted by atomic mass is 79.9. The van der Waals surface area contributed by atoms with Gasteiger partial charge in [0.1, 0.15) is 0 Å². The van der Waals surface area contributed by atoms with Gasteiger partial charge < -0.3 is 11.1 Å². The third-order valence-electron chi connectivity index (χ3n) is 2.68. The number of rotatable bonds is 2. The fourth-order valence-corrected chi connectivity index (χ4v) is 1.95. The third kappa shape index (κ3) is 2.80. The van der Waals surface area contributed by atoms with E-state index in [1.54, 1.807) is 0 Å². The van der Waals surface area contributed by atoms with Crippen molar-refractivity contribution >= 4 is 33.0 Å². The lowest BCUT2D eigenvalue weighted by molar-refractivity contribution is 1.42. The Balaban J connectivity index is 2.31. The molecule has 3 heteroatoms. The molecule has 88 valence electrons. The van der Waals surface area contributed by atoms with E-state index in [1.165, 1.54) is 5.56 Å². The van der Waals surface area contributed by atoms with Gasteiger partial charge in [0.05, 0.1) is 5.69 Å². The average molecular weight is 291 g/mol. The number of nitrogens with one attached hydrogen (secondary N) is 1. The quantitative estimate of drug-likeness (QED) is 0.805. The van der Waals surface area contributed by atoms with Gasteiger partial charge in [-0.25, -0.2) is 0 Å². The van der Waals surface area contributed by atoms with Crippen molar-refractivity contribution in [1.82, 2.24) is 0 Å². The van der Waals surface area contributed by atoms with Gasteiger partial charge >= 0.3 is 0 Å². The molecule has 0 saturated heterocycles. The molecule has 0 bridgehead atoms. The fourth-order valence-electron chi connectivity index (χ4n) is 1.61.